The second-order valence-electron chi connectivity index (χ2n) is 2.00. The van der Waals surface area contributed by atoms with Crippen molar-refractivity contribution < 1.29 is 8.42 Å². The molecule has 62 valence electrons. The van der Waals surface area contributed by atoms with E-state index in [1.807, 2.05) is 0 Å². The molecule has 1 heterocycles. The minimum atomic E-state index is -3.24. The van der Waals surface area contributed by atoms with Crippen LogP contribution in [0.25, 0.3) is 0 Å². The average molecular weight is 175 g/mol. The largest absolute Gasteiger partial charge is 0.329 e. The zero-order valence-electron chi connectivity index (χ0n) is 5.84. The summed E-state index contributed by atoms with van der Waals surface area (Å²) in [6.07, 6.45) is 4.03. The first-order valence-corrected chi connectivity index (χ1v) is 4.69. The van der Waals surface area contributed by atoms with E-state index < -0.39 is 10.0 Å². The lowest BCUT2D eigenvalue weighted by molar-refractivity contribution is 0.587. The van der Waals surface area contributed by atoms with Crippen molar-refractivity contribution in [2.24, 2.45) is 5.73 Å². The summed E-state index contributed by atoms with van der Waals surface area (Å²) in [5, 5.41) is 0. The predicted octanol–water partition coefficient (Wildman–Crippen LogP) is -0.980. The van der Waals surface area contributed by atoms with Crippen molar-refractivity contribution in [3.8, 4) is 0 Å². The molecule has 6 heteroatoms. The van der Waals surface area contributed by atoms with Crippen LogP contribution in [0.2, 0.25) is 0 Å². The average Bonchev–Trinajstić information content (AvgIpc) is 2.37. The highest BCUT2D eigenvalue weighted by molar-refractivity contribution is 7.89. The molecular weight excluding hydrogens is 166 g/mol. The Morgan fingerprint density at radius 3 is 2.73 bits per heavy atom. The minimum absolute atomic E-state index is 0.0522. The molecule has 11 heavy (non-hydrogen) atoms. The van der Waals surface area contributed by atoms with Gasteiger partial charge in [0.2, 0.25) is 10.0 Å². The van der Waals surface area contributed by atoms with Crippen molar-refractivity contribution in [3.63, 3.8) is 0 Å². The van der Waals surface area contributed by atoms with Gasteiger partial charge in [-0.3, -0.25) is 0 Å². The van der Waals surface area contributed by atoms with Crippen molar-refractivity contribution in [1.29, 1.82) is 0 Å². The Balaban J connectivity index is 2.92. The molecule has 0 amide bonds. The van der Waals surface area contributed by atoms with Crippen LogP contribution in [0, 0.1) is 0 Å². The number of aromatic nitrogens is 2. The summed E-state index contributed by atoms with van der Waals surface area (Å²) in [5.41, 5.74) is 5.11. The van der Waals surface area contributed by atoms with Crippen LogP contribution in [0.15, 0.2) is 18.7 Å². The van der Waals surface area contributed by atoms with Crippen LogP contribution >= 0.6 is 0 Å². The maximum Gasteiger partial charge on any atom is 0.240 e. The Kier molecular flexibility index (Phi) is 2.25. The molecule has 0 atom stereocenters. The summed E-state index contributed by atoms with van der Waals surface area (Å²) < 4.78 is 23.3. The fraction of sp³-hybridized carbons (Fsp3) is 0.400. The SMILES string of the molecule is NCCS(=O)(=O)n1ccnc1. The first kappa shape index (κ1) is 8.22. The van der Waals surface area contributed by atoms with E-state index in [4.69, 9.17) is 5.73 Å². The van der Waals surface area contributed by atoms with Gasteiger partial charge < -0.3 is 5.73 Å². The minimum Gasteiger partial charge on any atom is -0.329 e. The molecular formula is C5H9N3O2S. The summed E-state index contributed by atoms with van der Waals surface area (Å²) in [6, 6.07) is 0. The van der Waals surface area contributed by atoms with Gasteiger partial charge in [0.25, 0.3) is 0 Å². The van der Waals surface area contributed by atoms with E-state index >= 15 is 0 Å². The van der Waals surface area contributed by atoms with Crippen molar-refractivity contribution >= 4 is 10.0 Å². The summed E-state index contributed by atoms with van der Waals surface area (Å²) in [4.78, 5) is 3.61. The molecule has 0 aliphatic heterocycles. The molecule has 0 aromatic carbocycles. The van der Waals surface area contributed by atoms with Crippen LogP contribution < -0.4 is 5.73 Å². The number of imidazole rings is 1. The van der Waals surface area contributed by atoms with Gasteiger partial charge >= 0.3 is 0 Å². The van der Waals surface area contributed by atoms with Gasteiger partial charge in [0, 0.05) is 18.9 Å². The smallest absolute Gasteiger partial charge is 0.240 e. The Morgan fingerprint density at radius 2 is 2.27 bits per heavy atom. The zero-order chi connectivity index (χ0) is 8.32. The monoisotopic (exact) mass is 175 g/mol. The van der Waals surface area contributed by atoms with Crippen molar-refractivity contribution in [1.82, 2.24) is 8.96 Å². The highest BCUT2D eigenvalue weighted by atomic mass is 32.2. The zero-order valence-corrected chi connectivity index (χ0v) is 6.66. The summed E-state index contributed by atoms with van der Waals surface area (Å²) in [5.74, 6) is -0.0522. The van der Waals surface area contributed by atoms with Gasteiger partial charge in [0.15, 0.2) is 0 Å². The molecule has 0 spiro atoms. The van der Waals surface area contributed by atoms with Crippen molar-refractivity contribution in [3.05, 3.63) is 18.7 Å². The van der Waals surface area contributed by atoms with E-state index in [-0.39, 0.29) is 12.3 Å². The molecule has 0 saturated heterocycles. The Morgan fingerprint density at radius 1 is 1.55 bits per heavy atom. The second-order valence-corrected chi connectivity index (χ2v) is 3.99. The summed E-state index contributed by atoms with van der Waals surface area (Å²) in [7, 11) is -3.24. The van der Waals surface area contributed by atoms with Gasteiger partial charge in [0.1, 0.15) is 6.33 Å². The number of nitrogens with two attached hydrogens (primary N) is 1. The first-order valence-electron chi connectivity index (χ1n) is 3.08. The maximum atomic E-state index is 11.1. The highest BCUT2D eigenvalue weighted by Crippen LogP contribution is 1.94. The predicted molar refractivity (Wildman–Crippen MR) is 40.5 cm³/mol. The fourth-order valence-corrected chi connectivity index (χ4v) is 1.61. The molecule has 0 saturated carbocycles. The number of hydrogen-bond donors (Lipinski definition) is 1. The van der Waals surface area contributed by atoms with E-state index in [9.17, 15) is 8.42 Å². The molecule has 0 unspecified atom stereocenters. The van der Waals surface area contributed by atoms with Gasteiger partial charge in [-0.25, -0.2) is 17.4 Å². The van der Waals surface area contributed by atoms with E-state index in [1.54, 1.807) is 0 Å². The van der Waals surface area contributed by atoms with Crippen LogP contribution in [0.5, 0.6) is 0 Å². The lowest BCUT2D eigenvalue weighted by Crippen LogP contribution is -2.21. The van der Waals surface area contributed by atoms with Crippen LogP contribution in [-0.4, -0.2) is 29.7 Å². The molecule has 0 radical (unpaired) electrons. The van der Waals surface area contributed by atoms with Crippen LogP contribution in [0.4, 0.5) is 0 Å². The third-order valence-electron chi connectivity index (χ3n) is 1.18. The van der Waals surface area contributed by atoms with Crippen LogP contribution in [0.1, 0.15) is 0 Å². The van der Waals surface area contributed by atoms with Crippen LogP contribution in [-0.2, 0) is 10.0 Å². The third kappa shape index (κ3) is 1.78. The van der Waals surface area contributed by atoms with Gasteiger partial charge in [-0.05, 0) is 0 Å². The Labute approximate surface area is 64.9 Å². The van der Waals surface area contributed by atoms with Crippen molar-refractivity contribution in [2.75, 3.05) is 12.3 Å². The fourth-order valence-electron chi connectivity index (χ4n) is 0.666. The van der Waals surface area contributed by atoms with E-state index in [0.29, 0.717) is 0 Å². The highest BCUT2D eigenvalue weighted by Gasteiger charge is 2.09. The molecule has 0 bridgehead atoms. The molecule has 2 N–H and O–H groups in total. The number of nitrogens with zero attached hydrogens (tertiary/aromatic N) is 2. The van der Waals surface area contributed by atoms with Gasteiger partial charge in [-0.1, -0.05) is 0 Å². The number of hydrogen-bond acceptors (Lipinski definition) is 4. The molecule has 0 fully saturated rings. The Hall–Kier alpha value is -0.880. The lowest BCUT2D eigenvalue weighted by atomic mass is 10.8. The normalized spacial score (nSPS) is 11.7. The van der Waals surface area contributed by atoms with Gasteiger partial charge in [0.05, 0.1) is 5.75 Å². The van der Waals surface area contributed by atoms with E-state index in [1.165, 1.54) is 18.7 Å². The lowest BCUT2D eigenvalue weighted by Gasteiger charge is -2.00. The second kappa shape index (κ2) is 3.02. The van der Waals surface area contributed by atoms with Crippen molar-refractivity contribution in [2.45, 2.75) is 0 Å². The first-order chi connectivity index (χ1) is 5.17. The molecule has 1 aromatic heterocycles. The topological polar surface area (TPSA) is 78.0 Å². The van der Waals surface area contributed by atoms with Gasteiger partial charge in [-0.15, -0.1) is 0 Å². The Bertz CT molecular complexity index is 302. The molecule has 0 aliphatic carbocycles. The van der Waals surface area contributed by atoms with E-state index in [2.05, 4.69) is 4.98 Å². The summed E-state index contributed by atoms with van der Waals surface area (Å²) in [6.45, 7) is 0.126. The molecule has 0 aliphatic rings. The third-order valence-corrected chi connectivity index (χ3v) is 2.79. The molecule has 5 nitrogen and oxygen atoms in total. The summed E-state index contributed by atoms with van der Waals surface area (Å²) >= 11 is 0. The standard InChI is InChI=1S/C5H9N3O2S/c6-1-4-11(9,10)8-3-2-7-5-8/h2-3,5H,1,4,6H2. The quantitative estimate of drug-likeness (QED) is 0.640. The van der Waals surface area contributed by atoms with Crippen LogP contribution in [0.3, 0.4) is 0 Å². The molecule has 1 rings (SSSR count). The molecule has 1 aromatic rings. The number of rotatable bonds is 3. The maximum absolute atomic E-state index is 11.1. The van der Waals surface area contributed by atoms with E-state index in [0.717, 1.165) is 3.97 Å². The van der Waals surface area contributed by atoms with Gasteiger partial charge in [-0.2, -0.15) is 0 Å².